The molecule has 0 saturated heterocycles. The second kappa shape index (κ2) is 8.03. The lowest BCUT2D eigenvalue weighted by molar-refractivity contribution is -0.130. The highest BCUT2D eigenvalue weighted by Gasteiger charge is 2.59. The molecule has 4 aliphatic rings. The third kappa shape index (κ3) is 3.36. The summed E-state index contributed by atoms with van der Waals surface area (Å²) >= 11 is 0. The fourth-order valence-corrected chi connectivity index (χ4v) is 8.30. The first kappa shape index (κ1) is 23.0. The van der Waals surface area contributed by atoms with Crippen molar-refractivity contribution in [3.05, 3.63) is 64.5 Å². The van der Waals surface area contributed by atoms with Gasteiger partial charge in [0.05, 0.1) is 17.5 Å². The number of aryl methyl sites for hydroxylation is 1. The Morgan fingerprint density at radius 1 is 1.03 bits per heavy atom. The highest BCUT2D eigenvalue weighted by molar-refractivity contribution is 6.06. The molecule has 4 aliphatic carbocycles. The van der Waals surface area contributed by atoms with Gasteiger partial charge < -0.3 is 5.11 Å². The van der Waals surface area contributed by atoms with Gasteiger partial charge in [-0.15, -0.1) is 0 Å². The van der Waals surface area contributed by atoms with E-state index in [1.165, 1.54) is 5.57 Å². The van der Waals surface area contributed by atoms with Gasteiger partial charge in [0.15, 0.2) is 5.78 Å². The zero-order chi connectivity index (χ0) is 24.5. The van der Waals surface area contributed by atoms with E-state index in [-0.39, 0.29) is 16.9 Å². The molecule has 0 unspecified atom stereocenters. The molecular weight excluding hydrogens is 432 g/mol. The first-order valence-corrected chi connectivity index (χ1v) is 13.5. The van der Waals surface area contributed by atoms with Crippen LogP contribution in [0.1, 0.15) is 75.7 Å². The number of rotatable bonds is 2. The quantitative estimate of drug-likeness (QED) is 0.409. The van der Waals surface area contributed by atoms with Gasteiger partial charge in [-0.05, 0) is 106 Å². The number of carbonyl (C=O) groups is 1. The lowest BCUT2D eigenvalue weighted by Crippen LogP contribution is -2.50. The molecule has 1 N–H and O–H groups in total. The van der Waals surface area contributed by atoms with Gasteiger partial charge in [0.2, 0.25) is 0 Å². The van der Waals surface area contributed by atoms with Crippen LogP contribution in [0.25, 0.3) is 11.8 Å². The Morgan fingerprint density at radius 3 is 2.54 bits per heavy atom. The van der Waals surface area contributed by atoms with Crippen LogP contribution in [-0.4, -0.2) is 26.8 Å². The molecule has 0 aliphatic heterocycles. The summed E-state index contributed by atoms with van der Waals surface area (Å²) < 4.78 is 2.00. The normalized spacial score (nSPS) is 37.6. The molecule has 4 nitrogen and oxygen atoms in total. The molecule has 184 valence electrons. The lowest BCUT2D eigenvalue weighted by atomic mass is 9.48. The summed E-state index contributed by atoms with van der Waals surface area (Å²) in [6.07, 6.45) is 11.3. The molecule has 1 aromatic heterocycles. The number of Topliss-reactive ketones (excluding diaryl/α,β-unsaturated/α-hetero) is 1. The topological polar surface area (TPSA) is 55.1 Å². The van der Waals surface area contributed by atoms with Crippen LogP contribution in [0.4, 0.5) is 0 Å². The zero-order valence-corrected chi connectivity index (χ0v) is 21.6. The molecule has 0 radical (unpaired) electrons. The minimum Gasteiger partial charge on any atom is -0.393 e. The molecule has 1 aromatic carbocycles. The first-order valence-electron chi connectivity index (χ1n) is 13.5. The molecule has 0 spiro atoms. The maximum Gasteiger partial charge on any atom is 0.165 e. The number of para-hydroxylation sites is 1. The standard InChI is InChI=1S/C31H38N2O2/c1-19-26(20(2)33(32-19)23-8-6-5-7-9-23)16-21-17-28-25-11-10-22-18-24(34)12-14-30(22,3)27(25)13-15-31(28,4)29(21)35/h5-10,16,24-25,27-28,34H,11-15,17-18H2,1-4H3/b21-16-/t24-,25+,27-,28-,30-,31-/m0/s1. The molecule has 2 aromatic rings. The van der Waals surface area contributed by atoms with Crippen molar-refractivity contribution in [2.24, 2.45) is 28.6 Å². The van der Waals surface area contributed by atoms with Crippen LogP contribution in [0.3, 0.4) is 0 Å². The predicted octanol–water partition coefficient (Wildman–Crippen LogP) is 6.38. The third-order valence-corrected chi connectivity index (χ3v) is 10.4. The number of hydrogen-bond donors (Lipinski definition) is 1. The van der Waals surface area contributed by atoms with Crippen molar-refractivity contribution >= 4 is 11.9 Å². The van der Waals surface area contributed by atoms with Crippen molar-refractivity contribution in [2.75, 3.05) is 0 Å². The Morgan fingerprint density at radius 2 is 1.77 bits per heavy atom. The Kier molecular flexibility index (Phi) is 5.27. The second-order valence-electron chi connectivity index (χ2n) is 12.1. The summed E-state index contributed by atoms with van der Waals surface area (Å²) in [5.41, 5.74) is 6.64. The number of allylic oxidation sites excluding steroid dienone is 2. The van der Waals surface area contributed by atoms with Gasteiger partial charge in [-0.2, -0.15) is 5.10 Å². The van der Waals surface area contributed by atoms with E-state index in [0.717, 1.165) is 73.2 Å². The van der Waals surface area contributed by atoms with Crippen molar-refractivity contribution < 1.29 is 9.90 Å². The molecule has 6 rings (SSSR count). The van der Waals surface area contributed by atoms with Crippen LogP contribution in [0.2, 0.25) is 0 Å². The van der Waals surface area contributed by atoms with E-state index in [1.54, 1.807) is 0 Å². The highest BCUT2D eigenvalue weighted by atomic mass is 16.3. The Bertz CT molecular complexity index is 1240. The van der Waals surface area contributed by atoms with Gasteiger partial charge >= 0.3 is 0 Å². The number of carbonyl (C=O) groups excluding carboxylic acids is 1. The highest BCUT2D eigenvalue weighted by Crippen LogP contribution is 2.64. The maximum absolute atomic E-state index is 13.9. The van der Waals surface area contributed by atoms with Gasteiger partial charge in [0.1, 0.15) is 0 Å². The number of benzene rings is 1. The van der Waals surface area contributed by atoms with E-state index in [4.69, 9.17) is 5.10 Å². The Hall–Kier alpha value is -2.46. The van der Waals surface area contributed by atoms with Crippen LogP contribution in [0.15, 0.2) is 47.6 Å². The monoisotopic (exact) mass is 470 g/mol. The third-order valence-electron chi connectivity index (χ3n) is 10.4. The van der Waals surface area contributed by atoms with Gasteiger partial charge in [-0.1, -0.05) is 43.7 Å². The Labute approximate surface area is 209 Å². The van der Waals surface area contributed by atoms with Gasteiger partial charge in [0.25, 0.3) is 0 Å². The van der Waals surface area contributed by atoms with Crippen LogP contribution in [0, 0.1) is 42.4 Å². The molecule has 0 amide bonds. The van der Waals surface area contributed by atoms with Crippen LogP contribution < -0.4 is 0 Å². The summed E-state index contributed by atoms with van der Waals surface area (Å²) in [5.74, 6) is 1.96. The average Bonchev–Trinajstić information content (AvgIpc) is 3.28. The predicted molar refractivity (Wildman–Crippen MR) is 139 cm³/mol. The summed E-state index contributed by atoms with van der Waals surface area (Å²) in [7, 11) is 0. The minimum atomic E-state index is -0.250. The number of fused-ring (bicyclic) bond motifs is 5. The number of hydrogen-bond acceptors (Lipinski definition) is 3. The first-order chi connectivity index (χ1) is 16.7. The van der Waals surface area contributed by atoms with Gasteiger partial charge in [-0.3, -0.25) is 4.79 Å². The largest absolute Gasteiger partial charge is 0.393 e. The van der Waals surface area contributed by atoms with Crippen molar-refractivity contribution in [3.63, 3.8) is 0 Å². The molecule has 35 heavy (non-hydrogen) atoms. The summed E-state index contributed by atoms with van der Waals surface area (Å²) in [5, 5.41) is 15.1. The average molecular weight is 471 g/mol. The SMILES string of the molecule is Cc1nn(-c2ccccc2)c(C)c1/C=C1/C[C@H]2[C@@H]3CC=C4C[C@@H](O)CC[C@]4(C)[C@H]3CC[C@]2(C)C1=O. The van der Waals surface area contributed by atoms with E-state index in [0.29, 0.717) is 23.5 Å². The van der Waals surface area contributed by atoms with E-state index in [9.17, 15) is 9.90 Å². The van der Waals surface area contributed by atoms with Crippen LogP contribution in [-0.2, 0) is 4.79 Å². The number of aromatic nitrogens is 2. The van der Waals surface area contributed by atoms with Crippen LogP contribution in [0.5, 0.6) is 0 Å². The van der Waals surface area contributed by atoms with Crippen LogP contribution >= 0.6 is 0 Å². The molecule has 4 heteroatoms. The molecule has 1 heterocycles. The van der Waals surface area contributed by atoms with E-state index in [1.807, 2.05) is 22.9 Å². The molecule has 3 saturated carbocycles. The molecule has 3 fully saturated rings. The van der Waals surface area contributed by atoms with Crippen molar-refractivity contribution in [1.29, 1.82) is 0 Å². The van der Waals surface area contributed by atoms with Crippen molar-refractivity contribution in [2.45, 2.75) is 78.7 Å². The number of aliphatic hydroxyl groups is 1. The smallest absolute Gasteiger partial charge is 0.165 e. The molecule has 0 bridgehead atoms. The summed E-state index contributed by atoms with van der Waals surface area (Å²) in [4.78, 5) is 13.9. The van der Waals surface area contributed by atoms with E-state index >= 15 is 0 Å². The molecule has 6 atom stereocenters. The molecular formula is C31H38N2O2. The summed E-state index contributed by atoms with van der Waals surface area (Å²) in [6, 6.07) is 10.2. The van der Waals surface area contributed by atoms with Crippen molar-refractivity contribution in [1.82, 2.24) is 9.78 Å². The second-order valence-corrected chi connectivity index (χ2v) is 12.1. The fourth-order valence-electron chi connectivity index (χ4n) is 8.30. The van der Waals surface area contributed by atoms with Gasteiger partial charge in [-0.25, -0.2) is 4.68 Å². The summed E-state index contributed by atoms with van der Waals surface area (Å²) in [6.45, 7) is 8.85. The lowest BCUT2D eigenvalue weighted by Gasteiger charge is -2.56. The maximum atomic E-state index is 13.9. The van der Waals surface area contributed by atoms with E-state index in [2.05, 4.69) is 52.0 Å². The fraction of sp³-hybridized carbons (Fsp3) is 0.548. The van der Waals surface area contributed by atoms with Crippen molar-refractivity contribution in [3.8, 4) is 5.69 Å². The Balaban J connectivity index is 1.34. The van der Waals surface area contributed by atoms with E-state index < -0.39 is 0 Å². The van der Waals surface area contributed by atoms with Gasteiger partial charge in [0, 0.05) is 16.7 Å². The number of ketones is 1. The number of aliphatic hydroxyl groups excluding tert-OH is 1. The minimum absolute atomic E-state index is 0.175. The zero-order valence-electron chi connectivity index (χ0n) is 21.6. The number of nitrogens with zero attached hydrogens (tertiary/aromatic N) is 2.